The largest absolute Gasteiger partial charge is 0.384 e. The van der Waals surface area contributed by atoms with Crippen molar-refractivity contribution in [1.82, 2.24) is 0 Å². The van der Waals surface area contributed by atoms with Crippen molar-refractivity contribution in [3.05, 3.63) is 11.6 Å². The van der Waals surface area contributed by atoms with Crippen molar-refractivity contribution in [1.29, 1.82) is 0 Å². The molecule has 0 N–H and O–H groups in total. The number of alkyl halides is 1. The van der Waals surface area contributed by atoms with Crippen molar-refractivity contribution in [2.45, 2.75) is 32.4 Å². The smallest absolute Gasteiger partial charge is 0.104 e. The highest BCUT2D eigenvalue weighted by Gasteiger charge is 2.22. The molecule has 1 aliphatic carbocycles. The highest BCUT2D eigenvalue weighted by Crippen LogP contribution is 2.28. The van der Waals surface area contributed by atoms with Crippen LogP contribution in [0.3, 0.4) is 0 Å². The standard InChI is InChI=1S/C10H17FO/c1-3-8-4-5-10(11)6-9(8)7-12-2/h4,9-10H,3,5-7H2,1-2H3. The first-order valence-corrected chi connectivity index (χ1v) is 4.59. The Morgan fingerprint density at radius 2 is 2.42 bits per heavy atom. The minimum atomic E-state index is -0.652. The van der Waals surface area contributed by atoms with E-state index in [0.717, 1.165) is 6.42 Å². The number of allylic oxidation sites excluding steroid dienone is 1. The summed E-state index contributed by atoms with van der Waals surface area (Å²) in [5.74, 6) is 0.323. The molecule has 0 amide bonds. The molecule has 0 aromatic carbocycles. The summed E-state index contributed by atoms with van der Waals surface area (Å²) < 4.78 is 18.0. The lowest BCUT2D eigenvalue weighted by Gasteiger charge is -2.25. The molecule has 0 heterocycles. The van der Waals surface area contributed by atoms with Gasteiger partial charge in [0, 0.05) is 13.0 Å². The molecule has 70 valence electrons. The molecule has 2 heteroatoms. The Balaban J connectivity index is 2.55. The molecule has 0 bridgehead atoms. The highest BCUT2D eigenvalue weighted by atomic mass is 19.1. The molecule has 1 rings (SSSR count). The molecule has 12 heavy (non-hydrogen) atoms. The predicted octanol–water partition coefficient (Wildman–Crippen LogP) is 2.72. The van der Waals surface area contributed by atoms with E-state index in [9.17, 15) is 4.39 Å². The fourth-order valence-electron chi connectivity index (χ4n) is 1.81. The van der Waals surface area contributed by atoms with E-state index in [1.807, 2.05) is 6.08 Å². The summed E-state index contributed by atoms with van der Waals surface area (Å²) in [4.78, 5) is 0. The minimum Gasteiger partial charge on any atom is -0.384 e. The van der Waals surface area contributed by atoms with E-state index >= 15 is 0 Å². The van der Waals surface area contributed by atoms with E-state index in [-0.39, 0.29) is 0 Å². The first-order chi connectivity index (χ1) is 5.77. The van der Waals surface area contributed by atoms with Gasteiger partial charge in [-0.2, -0.15) is 0 Å². The molecule has 0 aromatic heterocycles. The van der Waals surface area contributed by atoms with Gasteiger partial charge in [-0.15, -0.1) is 0 Å². The number of halogens is 1. The lowest BCUT2D eigenvalue weighted by atomic mass is 9.86. The van der Waals surface area contributed by atoms with Crippen LogP contribution < -0.4 is 0 Å². The third-order valence-corrected chi connectivity index (χ3v) is 2.48. The molecule has 0 aromatic rings. The molecule has 0 saturated heterocycles. The molecule has 0 saturated carbocycles. The SMILES string of the molecule is CCC1=CCC(F)CC1COC. The molecule has 2 atom stereocenters. The van der Waals surface area contributed by atoms with Gasteiger partial charge in [0.15, 0.2) is 0 Å². The summed E-state index contributed by atoms with van der Waals surface area (Å²) in [6.07, 6.45) is 3.66. The Hall–Kier alpha value is -0.370. The maximum atomic E-state index is 13.0. The number of hydrogen-bond acceptors (Lipinski definition) is 1. The summed E-state index contributed by atoms with van der Waals surface area (Å²) in [6.45, 7) is 2.78. The van der Waals surface area contributed by atoms with Crippen LogP contribution in [-0.2, 0) is 4.74 Å². The van der Waals surface area contributed by atoms with E-state index in [2.05, 4.69) is 6.92 Å². The van der Waals surface area contributed by atoms with E-state index in [4.69, 9.17) is 4.74 Å². The lowest BCUT2D eigenvalue weighted by Crippen LogP contribution is -2.20. The fourth-order valence-corrected chi connectivity index (χ4v) is 1.81. The van der Waals surface area contributed by atoms with Gasteiger partial charge in [0.2, 0.25) is 0 Å². The summed E-state index contributed by atoms with van der Waals surface area (Å²) in [7, 11) is 1.68. The summed E-state index contributed by atoms with van der Waals surface area (Å²) in [5.41, 5.74) is 1.37. The highest BCUT2D eigenvalue weighted by molar-refractivity contribution is 5.11. The van der Waals surface area contributed by atoms with E-state index in [1.54, 1.807) is 7.11 Å². The summed E-state index contributed by atoms with van der Waals surface area (Å²) in [5, 5.41) is 0. The van der Waals surface area contributed by atoms with Gasteiger partial charge in [-0.05, 0) is 19.3 Å². The van der Waals surface area contributed by atoms with Gasteiger partial charge in [-0.3, -0.25) is 0 Å². The lowest BCUT2D eigenvalue weighted by molar-refractivity contribution is 0.138. The zero-order chi connectivity index (χ0) is 8.97. The van der Waals surface area contributed by atoms with Crippen molar-refractivity contribution in [3.63, 3.8) is 0 Å². The summed E-state index contributed by atoms with van der Waals surface area (Å²) in [6, 6.07) is 0. The molecule has 0 aliphatic heterocycles. The van der Waals surface area contributed by atoms with E-state index in [1.165, 1.54) is 5.57 Å². The zero-order valence-corrected chi connectivity index (χ0v) is 7.85. The van der Waals surface area contributed by atoms with Crippen molar-refractivity contribution in [2.24, 2.45) is 5.92 Å². The van der Waals surface area contributed by atoms with Crippen LogP contribution in [0.4, 0.5) is 4.39 Å². The number of methoxy groups -OCH3 is 1. The Labute approximate surface area is 73.6 Å². The third kappa shape index (κ3) is 2.31. The average molecular weight is 172 g/mol. The maximum absolute atomic E-state index is 13.0. The third-order valence-electron chi connectivity index (χ3n) is 2.48. The van der Waals surface area contributed by atoms with Crippen LogP contribution in [0.25, 0.3) is 0 Å². The van der Waals surface area contributed by atoms with Gasteiger partial charge in [0.05, 0.1) is 6.61 Å². The van der Waals surface area contributed by atoms with Gasteiger partial charge < -0.3 is 4.74 Å². The quantitative estimate of drug-likeness (QED) is 0.595. The molecule has 0 fully saturated rings. The Morgan fingerprint density at radius 3 is 3.00 bits per heavy atom. The predicted molar refractivity (Wildman–Crippen MR) is 47.9 cm³/mol. The second-order valence-electron chi connectivity index (χ2n) is 3.35. The van der Waals surface area contributed by atoms with Crippen LogP contribution in [0.2, 0.25) is 0 Å². The van der Waals surface area contributed by atoms with Crippen LogP contribution in [0.15, 0.2) is 11.6 Å². The molecule has 0 spiro atoms. The molecule has 1 aliphatic rings. The first-order valence-electron chi connectivity index (χ1n) is 4.59. The second kappa shape index (κ2) is 4.61. The van der Waals surface area contributed by atoms with Crippen molar-refractivity contribution in [2.75, 3.05) is 13.7 Å². The Bertz CT molecular complexity index is 165. The van der Waals surface area contributed by atoms with Crippen LogP contribution in [-0.4, -0.2) is 19.9 Å². The van der Waals surface area contributed by atoms with E-state index < -0.39 is 6.17 Å². The topological polar surface area (TPSA) is 9.23 Å². The van der Waals surface area contributed by atoms with Gasteiger partial charge in [-0.1, -0.05) is 18.6 Å². The first kappa shape index (κ1) is 9.72. The van der Waals surface area contributed by atoms with Crippen LogP contribution in [0.5, 0.6) is 0 Å². The van der Waals surface area contributed by atoms with Crippen LogP contribution in [0, 0.1) is 5.92 Å². The number of ether oxygens (including phenoxy) is 1. The van der Waals surface area contributed by atoms with Crippen LogP contribution in [0.1, 0.15) is 26.2 Å². The molecular weight excluding hydrogens is 155 g/mol. The second-order valence-corrected chi connectivity index (χ2v) is 3.35. The molecule has 1 nitrogen and oxygen atoms in total. The molecule has 2 unspecified atom stereocenters. The molecule has 0 radical (unpaired) electrons. The summed E-state index contributed by atoms with van der Waals surface area (Å²) >= 11 is 0. The zero-order valence-electron chi connectivity index (χ0n) is 7.85. The number of hydrogen-bond donors (Lipinski definition) is 0. The Kier molecular flexibility index (Phi) is 3.73. The number of rotatable bonds is 3. The average Bonchev–Trinajstić information content (AvgIpc) is 2.05. The molecular formula is C10H17FO. The van der Waals surface area contributed by atoms with Gasteiger partial charge in [0.25, 0.3) is 0 Å². The Morgan fingerprint density at radius 1 is 1.67 bits per heavy atom. The van der Waals surface area contributed by atoms with Crippen molar-refractivity contribution >= 4 is 0 Å². The van der Waals surface area contributed by atoms with Crippen molar-refractivity contribution < 1.29 is 9.13 Å². The van der Waals surface area contributed by atoms with Gasteiger partial charge >= 0.3 is 0 Å². The normalized spacial score (nSPS) is 30.1. The fraction of sp³-hybridized carbons (Fsp3) is 0.800. The van der Waals surface area contributed by atoms with E-state index in [0.29, 0.717) is 25.4 Å². The van der Waals surface area contributed by atoms with Gasteiger partial charge in [-0.25, -0.2) is 4.39 Å². The van der Waals surface area contributed by atoms with Gasteiger partial charge in [0.1, 0.15) is 6.17 Å². The minimum absolute atomic E-state index is 0.323. The monoisotopic (exact) mass is 172 g/mol. The van der Waals surface area contributed by atoms with Crippen LogP contribution >= 0.6 is 0 Å². The van der Waals surface area contributed by atoms with Crippen molar-refractivity contribution in [3.8, 4) is 0 Å². The maximum Gasteiger partial charge on any atom is 0.104 e.